The number of hydrogen-bond acceptors (Lipinski definition) is 6. The van der Waals surface area contributed by atoms with E-state index in [0.29, 0.717) is 45.2 Å². The molecule has 2 heterocycles. The van der Waals surface area contributed by atoms with E-state index < -0.39 is 36.1 Å². The van der Waals surface area contributed by atoms with E-state index in [9.17, 15) is 24.6 Å². The Labute approximate surface area is 264 Å². The fraction of sp³-hybridized carbons (Fsp3) is 0.471. The van der Waals surface area contributed by atoms with Crippen LogP contribution in [0.15, 0.2) is 72.4 Å². The van der Waals surface area contributed by atoms with Crippen LogP contribution in [0.2, 0.25) is 0 Å². The maximum atomic E-state index is 14.4. The van der Waals surface area contributed by atoms with Crippen LogP contribution in [0.5, 0.6) is 0 Å². The maximum Gasteiger partial charge on any atom is 0.249 e. The first-order valence-electron chi connectivity index (χ1n) is 15.8. The first-order chi connectivity index (χ1) is 21.7. The van der Waals surface area contributed by atoms with Crippen molar-refractivity contribution >= 4 is 23.7 Å². The van der Waals surface area contributed by atoms with Crippen molar-refractivity contribution in [2.45, 2.75) is 81.7 Å². The number of rotatable bonds is 11. The predicted molar refractivity (Wildman–Crippen MR) is 170 cm³/mol. The van der Waals surface area contributed by atoms with Crippen molar-refractivity contribution in [3.63, 3.8) is 0 Å². The van der Waals surface area contributed by atoms with Gasteiger partial charge in [0.25, 0.3) is 0 Å². The van der Waals surface area contributed by atoms with Gasteiger partial charge in [-0.05, 0) is 55.6 Å². The van der Waals surface area contributed by atoms with Crippen LogP contribution < -0.4 is 16.4 Å². The lowest BCUT2D eigenvalue weighted by atomic mass is 9.83. The second kappa shape index (κ2) is 14.7. The Morgan fingerprint density at radius 3 is 2.29 bits per heavy atom. The highest BCUT2D eigenvalue weighted by Gasteiger charge is 2.50. The average Bonchev–Trinajstić information content (AvgIpc) is 3.66. The summed E-state index contributed by atoms with van der Waals surface area (Å²) >= 11 is 0. The second-order valence-corrected chi connectivity index (χ2v) is 12.4. The SMILES string of the molecule is N=C(N)N1C=C(CCNC(=O)[C@@H]2C[C@@H]3CC[C@@H](O)C[C@@H]3N2C(=O)[C@@H](Cc2ccccc2)NC(=O)[C@H](O)Cc2ccccc2)CC1. The van der Waals surface area contributed by atoms with E-state index in [2.05, 4.69) is 10.6 Å². The molecule has 11 nitrogen and oxygen atoms in total. The third-order valence-corrected chi connectivity index (χ3v) is 9.24. The monoisotopic (exact) mass is 616 g/mol. The third-order valence-electron chi connectivity index (χ3n) is 9.24. The number of aliphatic hydroxyl groups is 2. The number of aliphatic hydroxyl groups excluding tert-OH is 2. The number of likely N-dealkylation sites (tertiary alicyclic amines) is 1. The normalized spacial score (nSPS) is 23.9. The molecule has 240 valence electrons. The molecular formula is C34H44N6O5. The largest absolute Gasteiger partial charge is 0.393 e. The summed E-state index contributed by atoms with van der Waals surface area (Å²) in [7, 11) is 0. The van der Waals surface area contributed by atoms with Crippen molar-refractivity contribution < 1.29 is 24.6 Å². The molecule has 6 atom stereocenters. The highest BCUT2D eigenvalue weighted by atomic mass is 16.3. The molecule has 2 aromatic carbocycles. The number of nitrogens with two attached hydrogens (primary N) is 1. The van der Waals surface area contributed by atoms with E-state index in [-0.39, 0.29) is 36.7 Å². The number of nitrogens with zero attached hydrogens (tertiary/aromatic N) is 2. The summed E-state index contributed by atoms with van der Waals surface area (Å²) in [6, 6.07) is 16.4. The molecule has 0 bridgehead atoms. The van der Waals surface area contributed by atoms with Crippen LogP contribution in [0.1, 0.15) is 49.7 Å². The van der Waals surface area contributed by atoms with Gasteiger partial charge in [-0.25, -0.2) is 0 Å². The van der Waals surface area contributed by atoms with Gasteiger partial charge < -0.3 is 36.4 Å². The quantitative estimate of drug-likeness (QED) is 0.164. The molecule has 0 radical (unpaired) electrons. The Bertz CT molecular complexity index is 1390. The van der Waals surface area contributed by atoms with Crippen LogP contribution in [-0.4, -0.2) is 87.1 Å². The highest BCUT2D eigenvalue weighted by molar-refractivity contribution is 5.94. The van der Waals surface area contributed by atoms with Gasteiger partial charge in [-0.15, -0.1) is 0 Å². The van der Waals surface area contributed by atoms with Crippen molar-refractivity contribution in [1.29, 1.82) is 5.41 Å². The summed E-state index contributed by atoms with van der Waals surface area (Å²) in [5.74, 6) is -1.26. The van der Waals surface area contributed by atoms with E-state index in [1.165, 1.54) is 0 Å². The molecule has 5 rings (SSSR count). The van der Waals surface area contributed by atoms with E-state index in [0.717, 1.165) is 23.1 Å². The molecule has 2 fully saturated rings. The summed E-state index contributed by atoms with van der Waals surface area (Å²) in [5.41, 5.74) is 8.30. The fourth-order valence-electron chi connectivity index (χ4n) is 6.87. The van der Waals surface area contributed by atoms with Crippen LogP contribution in [0.4, 0.5) is 0 Å². The first kappa shape index (κ1) is 32.2. The van der Waals surface area contributed by atoms with Gasteiger partial charge in [0.2, 0.25) is 17.7 Å². The standard InChI is InChI=1S/C34H44N6O5/c35-34(36)39-16-14-24(21-39)13-15-37-31(43)29-19-25-11-12-26(41)20-28(25)40(29)33(45)27(17-22-7-3-1-4-8-22)38-32(44)30(42)18-23-9-5-2-6-10-23/h1-10,21,25-30,41-42H,11-20H2,(H3,35,36)(H,37,43)(H,38,44)/t25-,26+,27+,28-,29-,30+/m0/s1. The summed E-state index contributed by atoms with van der Waals surface area (Å²) in [4.78, 5) is 44.7. The number of nitrogens with one attached hydrogen (secondary N) is 3. The molecule has 1 saturated carbocycles. The Kier molecular flexibility index (Phi) is 10.5. The highest BCUT2D eigenvalue weighted by Crippen LogP contribution is 2.40. The van der Waals surface area contributed by atoms with Crippen LogP contribution in [-0.2, 0) is 27.2 Å². The van der Waals surface area contributed by atoms with E-state index in [1.807, 2.05) is 66.9 Å². The summed E-state index contributed by atoms with van der Waals surface area (Å²) in [6.07, 6.45) is 3.76. The Hall–Kier alpha value is -4.22. The molecule has 3 amide bonds. The average molecular weight is 617 g/mol. The molecule has 45 heavy (non-hydrogen) atoms. The van der Waals surface area contributed by atoms with E-state index in [4.69, 9.17) is 11.1 Å². The Morgan fingerprint density at radius 2 is 1.64 bits per heavy atom. The lowest BCUT2D eigenvalue weighted by Gasteiger charge is -2.37. The lowest BCUT2D eigenvalue weighted by molar-refractivity contribution is -0.145. The van der Waals surface area contributed by atoms with Gasteiger partial charge in [0.15, 0.2) is 5.96 Å². The lowest BCUT2D eigenvalue weighted by Crippen LogP contribution is -2.58. The number of fused-ring (bicyclic) bond motifs is 1. The first-order valence-corrected chi connectivity index (χ1v) is 15.8. The van der Waals surface area contributed by atoms with Crippen LogP contribution in [0, 0.1) is 11.3 Å². The summed E-state index contributed by atoms with van der Waals surface area (Å²) in [5, 5.41) is 34.8. The molecule has 1 saturated heterocycles. The number of guanidine groups is 1. The number of hydrogen-bond donors (Lipinski definition) is 6. The summed E-state index contributed by atoms with van der Waals surface area (Å²) < 4.78 is 0. The number of amides is 3. The number of benzene rings is 2. The van der Waals surface area contributed by atoms with Gasteiger partial charge >= 0.3 is 0 Å². The molecule has 7 N–H and O–H groups in total. The van der Waals surface area contributed by atoms with Gasteiger partial charge in [-0.1, -0.05) is 66.2 Å². The topological polar surface area (TPSA) is 172 Å². The Balaban J connectivity index is 1.33. The number of carbonyl (C=O) groups is 3. The molecule has 0 spiro atoms. The molecule has 1 aliphatic carbocycles. The zero-order valence-corrected chi connectivity index (χ0v) is 25.5. The van der Waals surface area contributed by atoms with Crippen LogP contribution >= 0.6 is 0 Å². The fourth-order valence-corrected chi connectivity index (χ4v) is 6.87. The molecule has 11 heteroatoms. The van der Waals surface area contributed by atoms with Gasteiger partial charge in [0.05, 0.1) is 6.10 Å². The maximum absolute atomic E-state index is 14.4. The minimum Gasteiger partial charge on any atom is -0.393 e. The van der Waals surface area contributed by atoms with Crippen molar-refractivity contribution in [2.24, 2.45) is 11.7 Å². The predicted octanol–water partition coefficient (Wildman–Crippen LogP) is 1.44. The van der Waals surface area contributed by atoms with Crippen molar-refractivity contribution in [1.82, 2.24) is 20.4 Å². The molecule has 0 unspecified atom stereocenters. The molecule has 2 aliphatic heterocycles. The zero-order valence-electron chi connectivity index (χ0n) is 25.5. The molecule has 0 aromatic heterocycles. The minimum atomic E-state index is -1.36. The van der Waals surface area contributed by atoms with E-state index >= 15 is 0 Å². The van der Waals surface area contributed by atoms with E-state index in [1.54, 1.807) is 9.80 Å². The molecule has 2 aromatic rings. The van der Waals surface area contributed by atoms with Crippen LogP contribution in [0.25, 0.3) is 0 Å². The summed E-state index contributed by atoms with van der Waals surface area (Å²) in [6.45, 7) is 1.02. The molecule has 3 aliphatic rings. The van der Waals surface area contributed by atoms with Crippen molar-refractivity contribution in [3.05, 3.63) is 83.6 Å². The minimum absolute atomic E-state index is 0.0105. The van der Waals surface area contributed by atoms with Gasteiger partial charge in [-0.3, -0.25) is 19.8 Å². The van der Waals surface area contributed by atoms with Crippen molar-refractivity contribution in [3.8, 4) is 0 Å². The Morgan fingerprint density at radius 1 is 0.978 bits per heavy atom. The number of carbonyl (C=O) groups excluding carboxylic acids is 3. The zero-order chi connectivity index (χ0) is 31.9. The van der Waals surface area contributed by atoms with Crippen molar-refractivity contribution in [2.75, 3.05) is 13.1 Å². The van der Waals surface area contributed by atoms with Crippen LogP contribution in [0.3, 0.4) is 0 Å². The smallest absolute Gasteiger partial charge is 0.249 e. The van der Waals surface area contributed by atoms with Gasteiger partial charge in [-0.2, -0.15) is 0 Å². The third kappa shape index (κ3) is 8.09. The molecular weight excluding hydrogens is 572 g/mol. The van der Waals surface area contributed by atoms with Gasteiger partial charge in [0.1, 0.15) is 18.2 Å². The second-order valence-electron chi connectivity index (χ2n) is 12.4. The van der Waals surface area contributed by atoms with Gasteiger partial charge in [0, 0.05) is 38.2 Å².